The van der Waals surface area contributed by atoms with Gasteiger partial charge < -0.3 is 10.1 Å². The molecule has 1 N–H and O–H groups in total. The van der Waals surface area contributed by atoms with Crippen molar-refractivity contribution in [3.8, 4) is 0 Å². The number of ketones is 1. The van der Waals surface area contributed by atoms with Gasteiger partial charge in [-0.3, -0.25) is 4.79 Å². The van der Waals surface area contributed by atoms with Gasteiger partial charge in [0.15, 0.2) is 5.78 Å². The maximum atomic E-state index is 11.0. The molecule has 1 rings (SSSR count). The lowest BCUT2D eigenvalue weighted by molar-refractivity contribution is 0.101. The van der Waals surface area contributed by atoms with Crippen molar-refractivity contribution in [2.24, 2.45) is 0 Å². The third-order valence-corrected chi connectivity index (χ3v) is 2.25. The van der Waals surface area contributed by atoms with Crippen molar-refractivity contribution in [1.82, 2.24) is 9.97 Å². The number of methoxy groups -OCH3 is 1. The Morgan fingerprint density at radius 2 is 2.12 bits per heavy atom. The van der Waals surface area contributed by atoms with Gasteiger partial charge in [0, 0.05) is 19.5 Å². The zero-order chi connectivity index (χ0) is 12.0. The third kappa shape index (κ3) is 3.58. The summed E-state index contributed by atoms with van der Waals surface area (Å²) < 4.78 is 5.06. The van der Waals surface area contributed by atoms with E-state index < -0.39 is 0 Å². The van der Waals surface area contributed by atoms with Crippen molar-refractivity contribution in [3.05, 3.63) is 18.0 Å². The van der Waals surface area contributed by atoms with Gasteiger partial charge in [0.1, 0.15) is 0 Å². The van der Waals surface area contributed by atoms with Gasteiger partial charge in [0.05, 0.1) is 18.2 Å². The summed E-state index contributed by atoms with van der Waals surface area (Å²) in [5, 5.41) is 3.14. The Balaban J connectivity index is 2.63. The first-order valence-electron chi connectivity index (χ1n) is 5.25. The zero-order valence-electron chi connectivity index (χ0n) is 9.86. The topological polar surface area (TPSA) is 64.1 Å². The molecule has 0 fully saturated rings. The molecule has 0 saturated heterocycles. The Morgan fingerprint density at radius 3 is 2.56 bits per heavy atom. The lowest BCUT2D eigenvalue weighted by atomic mass is 10.2. The van der Waals surface area contributed by atoms with E-state index in [0.29, 0.717) is 18.1 Å². The van der Waals surface area contributed by atoms with Gasteiger partial charge in [-0.2, -0.15) is 0 Å². The number of carbonyl (C=O) groups is 1. The van der Waals surface area contributed by atoms with E-state index in [-0.39, 0.29) is 11.8 Å². The molecular weight excluding hydrogens is 206 g/mol. The number of hydrogen-bond acceptors (Lipinski definition) is 5. The van der Waals surface area contributed by atoms with Gasteiger partial charge in [-0.1, -0.05) is 6.92 Å². The van der Waals surface area contributed by atoms with E-state index in [0.717, 1.165) is 6.42 Å². The van der Waals surface area contributed by atoms with Gasteiger partial charge in [0.25, 0.3) is 0 Å². The van der Waals surface area contributed by atoms with Crippen molar-refractivity contribution in [2.75, 3.05) is 19.0 Å². The molecule has 0 saturated carbocycles. The van der Waals surface area contributed by atoms with E-state index >= 15 is 0 Å². The van der Waals surface area contributed by atoms with Crippen LogP contribution in [0.15, 0.2) is 12.4 Å². The molecule has 0 bridgehead atoms. The van der Waals surface area contributed by atoms with Gasteiger partial charge in [-0.15, -0.1) is 0 Å². The first-order chi connectivity index (χ1) is 7.67. The second-order valence-electron chi connectivity index (χ2n) is 3.56. The summed E-state index contributed by atoms with van der Waals surface area (Å²) in [6.45, 7) is 4.15. The first kappa shape index (κ1) is 12.6. The molecule has 16 heavy (non-hydrogen) atoms. The highest BCUT2D eigenvalue weighted by Crippen LogP contribution is 2.04. The summed E-state index contributed by atoms with van der Waals surface area (Å²) >= 11 is 0. The lowest BCUT2D eigenvalue weighted by Gasteiger charge is -2.15. The molecule has 0 amide bonds. The number of hydrogen-bond donors (Lipinski definition) is 1. The minimum Gasteiger partial charge on any atom is -0.383 e. The van der Waals surface area contributed by atoms with E-state index in [9.17, 15) is 4.79 Å². The standard InChI is InChI=1S/C11H17N3O2/c1-4-10(7-16-3)14-11-12-5-9(6-13-11)8(2)15/h5-6,10H,4,7H2,1-3H3,(H,12,13,14). The molecule has 1 unspecified atom stereocenters. The largest absolute Gasteiger partial charge is 0.383 e. The summed E-state index contributed by atoms with van der Waals surface area (Å²) in [4.78, 5) is 19.2. The maximum absolute atomic E-state index is 11.0. The predicted molar refractivity (Wildman–Crippen MR) is 61.6 cm³/mol. The van der Waals surface area contributed by atoms with Crippen molar-refractivity contribution >= 4 is 11.7 Å². The normalized spacial score (nSPS) is 12.2. The second kappa shape index (κ2) is 6.17. The highest BCUT2D eigenvalue weighted by molar-refractivity contribution is 5.93. The molecule has 0 spiro atoms. The number of carbonyl (C=O) groups excluding carboxylic acids is 1. The Bertz CT molecular complexity index is 338. The van der Waals surface area contributed by atoms with Crippen LogP contribution >= 0.6 is 0 Å². The molecule has 88 valence electrons. The Labute approximate surface area is 95.3 Å². The van der Waals surface area contributed by atoms with E-state index in [4.69, 9.17) is 4.74 Å². The summed E-state index contributed by atoms with van der Waals surface area (Å²) in [5.41, 5.74) is 0.519. The smallest absolute Gasteiger partial charge is 0.222 e. The fraction of sp³-hybridized carbons (Fsp3) is 0.545. The van der Waals surface area contributed by atoms with Crippen LogP contribution in [0.5, 0.6) is 0 Å². The highest BCUT2D eigenvalue weighted by Gasteiger charge is 2.07. The monoisotopic (exact) mass is 223 g/mol. The van der Waals surface area contributed by atoms with Crippen LogP contribution in [0.2, 0.25) is 0 Å². The Hall–Kier alpha value is -1.49. The van der Waals surface area contributed by atoms with Gasteiger partial charge in [0.2, 0.25) is 5.95 Å². The molecule has 1 aromatic heterocycles. The minimum absolute atomic E-state index is 0.0320. The van der Waals surface area contributed by atoms with Crippen molar-refractivity contribution < 1.29 is 9.53 Å². The van der Waals surface area contributed by atoms with Gasteiger partial charge in [-0.05, 0) is 13.3 Å². The van der Waals surface area contributed by atoms with Crippen LogP contribution in [0.25, 0.3) is 0 Å². The molecule has 0 aliphatic carbocycles. The molecule has 1 atom stereocenters. The van der Waals surface area contributed by atoms with Crippen LogP contribution in [-0.2, 0) is 4.74 Å². The van der Waals surface area contributed by atoms with Crippen LogP contribution in [-0.4, -0.2) is 35.5 Å². The van der Waals surface area contributed by atoms with E-state index in [1.165, 1.54) is 19.3 Å². The van der Waals surface area contributed by atoms with Crippen LogP contribution in [0.3, 0.4) is 0 Å². The van der Waals surface area contributed by atoms with Crippen molar-refractivity contribution in [2.45, 2.75) is 26.3 Å². The molecular formula is C11H17N3O2. The number of nitrogens with one attached hydrogen (secondary N) is 1. The minimum atomic E-state index is -0.0320. The van der Waals surface area contributed by atoms with E-state index in [1.54, 1.807) is 7.11 Å². The molecule has 1 heterocycles. The van der Waals surface area contributed by atoms with Gasteiger partial charge >= 0.3 is 0 Å². The number of rotatable bonds is 6. The zero-order valence-corrected chi connectivity index (χ0v) is 9.86. The Morgan fingerprint density at radius 1 is 1.50 bits per heavy atom. The summed E-state index contributed by atoms with van der Waals surface area (Å²) in [7, 11) is 1.66. The molecule has 1 aromatic rings. The molecule has 0 aliphatic rings. The molecule has 0 radical (unpaired) electrons. The van der Waals surface area contributed by atoms with E-state index in [1.807, 2.05) is 0 Å². The van der Waals surface area contributed by atoms with Gasteiger partial charge in [-0.25, -0.2) is 9.97 Å². The van der Waals surface area contributed by atoms with E-state index in [2.05, 4.69) is 22.2 Å². The van der Waals surface area contributed by atoms with Crippen LogP contribution in [0, 0.1) is 0 Å². The quantitative estimate of drug-likeness (QED) is 0.741. The fourth-order valence-electron chi connectivity index (χ4n) is 1.23. The summed E-state index contributed by atoms with van der Waals surface area (Å²) in [5.74, 6) is 0.490. The molecule has 0 aromatic carbocycles. The van der Waals surface area contributed by atoms with Crippen LogP contribution in [0.4, 0.5) is 5.95 Å². The highest BCUT2D eigenvalue weighted by atomic mass is 16.5. The Kier molecular flexibility index (Phi) is 4.85. The molecule has 5 heteroatoms. The number of nitrogens with zero attached hydrogens (tertiary/aromatic N) is 2. The van der Waals surface area contributed by atoms with Crippen molar-refractivity contribution in [3.63, 3.8) is 0 Å². The molecule has 5 nitrogen and oxygen atoms in total. The number of ether oxygens (including phenoxy) is 1. The van der Waals surface area contributed by atoms with Crippen molar-refractivity contribution in [1.29, 1.82) is 0 Å². The number of Topliss-reactive ketones (excluding diaryl/α,β-unsaturated/α-hetero) is 1. The average Bonchev–Trinajstić information content (AvgIpc) is 2.29. The number of aromatic nitrogens is 2. The molecule has 0 aliphatic heterocycles. The summed E-state index contributed by atoms with van der Waals surface area (Å²) in [6.07, 6.45) is 3.97. The lowest BCUT2D eigenvalue weighted by Crippen LogP contribution is -2.25. The average molecular weight is 223 g/mol. The summed E-state index contributed by atoms with van der Waals surface area (Å²) in [6, 6.07) is 0.188. The number of anilines is 1. The third-order valence-electron chi connectivity index (χ3n) is 2.25. The first-order valence-corrected chi connectivity index (χ1v) is 5.25. The maximum Gasteiger partial charge on any atom is 0.222 e. The second-order valence-corrected chi connectivity index (χ2v) is 3.56. The fourth-order valence-corrected chi connectivity index (χ4v) is 1.23. The van der Waals surface area contributed by atoms with Crippen LogP contribution in [0.1, 0.15) is 30.6 Å². The predicted octanol–water partition coefficient (Wildman–Crippen LogP) is 1.52. The van der Waals surface area contributed by atoms with Crippen LogP contribution < -0.4 is 5.32 Å². The SMILES string of the molecule is CCC(COC)Nc1ncc(C(C)=O)cn1.